The lowest BCUT2D eigenvalue weighted by molar-refractivity contribution is 0.217. The first-order valence-electron chi connectivity index (χ1n) is 5.89. The fraction of sp³-hybridized carbons (Fsp3) is 1.00. The van der Waals surface area contributed by atoms with Crippen LogP contribution in [0.2, 0.25) is 0 Å². The largest absolute Gasteiger partial charge is 0.297 e. The molecule has 4 aliphatic rings. The minimum atomic E-state index is 0.632. The van der Waals surface area contributed by atoms with Crippen molar-refractivity contribution in [3.05, 3.63) is 0 Å². The summed E-state index contributed by atoms with van der Waals surface area (Å²) in [4.78, 5) is 2.84. The van der Waals surface area contributed by atoms with Crippen molar-refractivity contribution in [3.8, 4) is 0 Å². The first kappa shape index (κ1) is 7.28. The van der Waals surface area contributed by atoms with Gasteiger partial charge in [-0.1, -0.05) is 0 Å². The van der Waals surface area contributed by atoms with Crippen LogP contribution in [0.5, 0.6) is 0 Å². The molecule has 0 atom stereocenters. The third-order valence-corrected chi connectivity index (χ3v) is 5.24. The molecule has 72 valence electrons. The lowest BCUT2D eigenvalue weighted by Gasteiger charge is -2.26. The zero-order valence-corrected chi connectivity index (χ0v) is 8.60. The van der Waals surface area contributed by atoms with E-state index in [0.717, 1.165) is 10.8 Å². The summed E-state index contributed by atoms with van der Waals surface area (Å²) in [5.74, 6) is 0. The second-order valence-corrected chi connectivity index (χ2v) is 6.71. The minimum absolute atomic E-state index is 0.632. The fourth-order valence-corrected chi connectivity index (χ4v) is 4.28. The minimum Gasteiger partial charge on any atom is -0.297 e. The zero-order valence-electron chi connectivity index (χ0n) is 8.60. The maximum Gasteiger partial charge on any atom is 0.0193 e. The maximum absolute atomic E-state index is 2.84. The summed E-state index contributed by atoms with van der Waals surface area (Å²) >= 11 is 0. The Morgan fingerprint density at radius 3 is 1.62 bits per heavy atom. The Morgan fingerprint density at radius 2 is 1.31 bits per heavy atom. The monoisotopic (exact) mass is 177 g/mol. The third kappa shape index (κ3) is 0.823. The predicted molar refractivity (Wildman–Crippen MR) is 52.5 cm³/mol. The highest BCUT2D eigenvalue weighted by Gasteiger charge is 2.65. The Hall–Kier alpha value is -0.0400. The Bertz CT molecular complexity index is 249. The smallest absolute Gasteiger partial charge is 0.0193 e. The Labute approximate surface area is 80.5 Å². The second kappa shape index (κ2) is 1.71. The maximum atomic E-state index is 2.84. The molecule has 1 nitrogen and oxygen atoms in total. The molecular formula is C12H19N. The highest BCUT2D eigenvalue weighted by molar-refractivity contribution is 5.19. The van der Waals surface area contributed by atoms with Crippen LogP contribution in [0.15, 0.2) is 0 Å². The number of hydrogen-bond donors (Lipinski definition) is 0. The zero-order chi connectivity index (χ0) is 8.73. The molecule has 13 heavy (non-hydrogen) atoms. The summed E-state index contributed by atoms with van der Waals surface area (Å²) in [7, 11) is 0. The SMILES string of the molecule is CC12CC3(CC3)CN1CC1(CC1)C2. The first-order valence-corrected chi connectivity index (χ1v) is 5.89. The van der Waals surface area contributed by atoms with Gasteiger partial charge in [0.1, 0.15) is 0 Å². The van der Waals surface area contributed by atoms with Crippen LogP contribution in [0.25, 0.3) is 0 Å². The van der Waals surface area contributed by atoms with Gasteiger partial charge < -0.3 is 0 Å². The summed E-state index contributed by atoms with van der Waals surface area (Å²) in [5.41, 5.74) is 2.28. The third-order valence-electron chi connectivity index (χ3n) is 5.24. The highest BCUT2D eigenvalue weighted by Crippen LogP contribution is 2.67. The molecule has 2 aliphatic carbocycles. The molecule has 2 aliphatic heterocycles. The topological polar surface area (TPSA) is 3.24 Å². The second-order valence-electron chi connectivity index (χ2n) is 6.71. The lowest BCUT2D eigenvalue weighted by Crippen LogP contribution is -2.34. The summed E-state index contributed by atoms with van der Waals surface area (Å²) in [6, 6.07) is 0. The molecule has 1 heteroatoms. The average molecular weight is 177 g/mol. The van der Waals surface area contributed by atoms with Crippen molar-refractivity contribution in [2.24, 2.45) is 10.8 Å². The molecule has 0 radical (unpaired) electrons. The lowest BCUT2D eigenvalue weighted by atomic mass is 9.86. The van der Waals surface area contributed by atoms with Gasteiger partial charge in [-0.3, -0.25) is 4.90 Å². The van der Waals surface area contributed by atoms with Crippen LogP contribution in [0.1, 0.15) is 45.4 Å². The van der Waals surface area contributed by atoms with Crippen LogP contribution in [0, 0.1) is 10.8 Å². The van der Waals surface area contributed by atoms with Crippen LogP contribution < -0.4 is 0 Å². The van der Waals surface area contributed by atoms with Gasteiger partial charge in [-0.25, -0.2) is 0 Å². The van der Waals surface area contributed by atoms with Crippen molar-refractivity contribution in [2.45, 2.75) is 51.0 Å². The van der Waals surface area contributed by atoms with Crippen molar-refractivity contribution in [2.75, 3.05) is 13.1 Å². The molecule has 4 rings (SSSR count). The van der Waals surface area contributed by atoms with Gasteiger partial charge in [0.2, 0.25) is 0 Å². The van der Waals surface area contributed by atoms with Gasteiger partial charge in [0, 0.05) is 18.6 Å². The van der Waals surface area contributed by atoms with E-state index < -0.39 is 0 Å². The Balaban J connectivity index is 1.67. The van der Waals surface area contributed by atoms with Gasteiger partial charge >= 0.3 is 0 Å². The quantitative estimate of drug-likeness (QED) is 0.549. The van der Waals surface area contributed by atoms with E-state index in [1.165, 1.54) is 51.6 Å². The molecule has 0 bridgehead atoms. The van der Waals surface area contributed by atoms with E-state index in [1.807, 2.05) is 0 Å². The van der Waals surface area contributed by atoms with Crippen molar-refractivity contribution in [1.29, 1.82) is 0 Å². The molecular weight excluding hydrogens is 158 g/mol. The summed E-state index contributed by atoms with van der Waals surface area (Å²) in [6.45, 7) is 5.43. The van der Waals surface area contributed by atoms with Crippen molar-refractivity contribution in [1.82, 2.24) is 4.90 Å². The molecule has 0 aromatic heterocycles. The molecule has 2 saturated heterocycles. The Morgan fingerprint density at radius 1 is 0.846 bits per heavy atom. The van der Waals surface area contributed by atoms with Crippen LogP contribution in [-0.4, -0.2) is 23.5 Å². The number of nitrogens with zero attached hydrogens (tertiary/aromatic N) is 1. The van der Waals surface area contributed by atoms with E-state index in [1.54, 1.807) is 0 Å². The van der Waals surface area contributed by atoms with Crippen molar-refractivity contribution >= 4 is 0 Å². The standard InChI is InChI=1S/C12H19N/c1-10-6-11(2-3-11)8-13(10)9-12(7-10)4-5-12/h2-9H2,1H3. The van der Waals surface area contributed by atoms with E-state index in [-0.39, 0.29) is 0 Å². The molecule has 0 amide bonds. The van der Waals surface area contributed by atoms with Crippen LogP contribution >= 0.6 is 0 Å². The van der Waals surface area contributed by atoms with Crippen molar-refractivity contribution < 1.29 is 0 Å². The van der Waals surface area contributed by atoms with Crippen LogP contribution in [-0.2, 0) is 0 Å². The van der Waals surface area contributed by atoms with Gasteiger partial charge in [-0.2, -0.15) is 0 Å². The van der Waals surface area contributed by atoms with Gasteiger partial charge in [0.15, 0.2) is 0 Å². The molecule has 2 spiro atoms. The fourth-order valence-electron chi connectivity index (χ4n) is 4.28. The van der Waals surface area contributed by atoms with Crippen LogP contribution in [0.3, 0.4) is 0 Å². The van der Waals surface area contributed by atoms with E-state index in [4.69, 9.17) is 0 Å². The summed E-state index contributed by atoms with van der Waals surface area (Å²) < 4.78 is 0. The van der Waals surface area contributed by atoms with E-state index in [0.29, 0.717) is 5.54 Å². The first-order chi connectivity index (χ1) is 6.14. The van der Waals surface area contributed by atoms with E-state index in [2.05, 4.69) is 11.8 Å². The molecule has 2 heterocycles. The number of rotatable bonds is 0. The predicted octanol–water partition coefficient (Wildman–Crippen LogP) is 2.41. The van der Waals surface area contributed by atoms with E-state index in [9.17, 15) is 0 Å². The van der Waals surface area contributed by atoms with Gasteiger partial charge in [0.25, 0.3) is 0 Å². The molecule has 0 N–H and O–H groups in total. The van der Waals surface area contributed by atoms with Gasteiger partial charge in [0.05, 0.1) is 0 Å². The number of fused-ring (bicyclic) bond motifs is 1. The molecule has 0 aromatic rings. The molecule has 2 saturated carbocycles. The Kier molecular flexibility index (Phi) is 0.959. The molecule has 4 fully saturated rings. The van der Waals surface area contributed by atoms with Gasteiger partial charge in [-0.15, -0.1) is 0 Å². The normalized spacial score (nSPS) is 41.3. The molecule has 0 aromatic carbocycles. The molecule has 0 unspecified atom stereocenters. The summed E-state index contributed by atoms with van der Waals surface area (Å²) in [5, 5.41) is 0. The van der Waals surface area contributed by atoms with Gasteiger partial charge in [-0.05, 0) is 56.3 Å². The highest BCUT2D eigenvalue weighted by atomic mass is 15.3. The van der Waals surface area contributed by atoms with Crippen molar-refractivity contribution in [3.63, 3.8) is 0 Å². The van der Waals surface area contributed by atoms with Crippen LogP contribution in [0.4, 0.5) is 0 Å². The number of hydrogen-bond acceptors (Lipinski definition) is 1. The summed E-state index contributed by atoms with van der Waals surface area (Å²) in [6.07, 6.45) is 9.19. The average Bonchev–Trinajstić information content (AvgIpc) is 2.86. The van der Waals surface area contributed by atoms with E-state index >= 15 is 0 Å².